The van der Waals surface area contributed by atoms with Gasteiger partial charge in [-0.2, -0.15) is 0 Å². The van der Waals surface area contributed by atoms with E-state index >= 15 is 0 Å². The molecule has 0 aromatic heterocycles. The van der Waals surface area contributed by atoms with E-state index in [9.17, 15) is 9.90 Å². The van der Waals surface area contributed by atoms with Crippen LogP contribution >= 0.6 is 0 Å². The van der Waals surface area contributed by atoms with Gasteiger partial charge in [0.1, 0.15) is 0 Å². The Morgan fingerprint density at radius 1 is 1.43 bits per heavy atom. The van der Waals surface area contributed by atoms with Gasteiger partial charge in [-0.05, 0) is 31.1 Å². The summed E-state index contributed by atoms with van der Waals surface area (Å²) in [7, 11) is 0. The molecule has 1 rings (SSSR count). The van der Waals surface area contributed by atoms with Crippen LogP contribution in [-0.4, -0.2) is 22.3 Å². The topological polar surface area (TPSA) is 57.5 Å². The largest absolute Gasteiger partial charge is 0.481 e. The standard InChI is InChI=1S/C11H20O3/c1-7(2)6-9(11(13)14)8-4-3-5-10(8)12/h7-10,12H,3-6H2,1-2H3,(H,13,14). The second kappa shape index (κ2) is 4.78. The first-order valence-electron chi connectivity index (χ1n) is 5.43. The monoisotopic (exact) mass is 200 g/mol. The lowest BCUT2D eigenvalue weighted by Gasteiger charge is -2.23. The van der Waals surface area contributed by atoms with Crippen molar-refractivity contribution >= 4 is 5.97 Å². The van der Waals surface area contributed by atoms with E-state index in [4.69, 9.17) is 5.11 Å². The van der Waals surface area contributed by atoms with Crippen molar-refractivity contribution in [2.75, 3.05) is 0 Å². The third-order valence-electron chi connectivity index (χ3n) is 3.09. The molecule has 0 radical (unpaired) electrons. The first kappa shape index (κ1) is 11.5. The van der Waals surface area contributed by atoms with Gasteiger partial charge in [-0.25, -0.2) is 0 Å². The average molecular weight is 200 g/mol. The quantitative estimate of drug-likeness (QED) is 0.728. The molecule has 1 saturated carbocycles. The molecule has 1 aliphatic rings. The Hall–Kier alpha value is -0.570. The molecule has 82 valence electrons. The van der Waals surface area contributed by atoms with E-state index in [1.807, 2.05) is 13.8 Å². The van der Waals surface area contributed by atoms with Crippen LogP contribution in [0, 0.1) is 17.8 Å². The van der Waals surface area contributed by atoms with Crippen molar-refractivity contribution < 1.29 is 15.0 Å². The summed E-state index contributed by atoms with van der Waals surface area (Å²) in [5.74, 6) is -0.740. The van der Waals surface area contributed by atoms with E-state index in [0.29, 0.717) is 12.3 Å². The molecular formula is C11H20O3. The zero-order valence-electron chi connectivity index (χ0n) is 8.94. The van der Waals surface area contributed by atoms with Crippen molar-refractivity contribution in [3.05, 3.63) is 0 Å². The number of aliphatic carboxylic acids is 1. The zero-order valence-corrected chi connectivity index (χ0v) is 8.94. The minimum Gasteiger partial charge on any atom is -0.481 e. The predicted molar refractivity (Wildman–Crippen MR) is 53.9 cm³/mol. The Kier molecular flexibility index (Phi) is 3.93. The molecule has 0 aliphatic heterocycles. The van der Waals surface area contributed by atoms with E-state index in [1.54, 1.807) is 0 Å². The molecule has 0 bridgehead atoms. The van der Waals surface area contributed by atoms with Gasteiger partial charge in [-0.1, -0.05) is 20.3 Å². The first-order chi connectivity index (χ1) is 6.52. The van der Waals surface area contributed by atoms with Crippen molar-refractivity contribution in [2.24, 2.45) is 17.8 Å². The van der Waals surface area contributed by atoms with E-state index in [0.717, 1.165) is 19.3 Å². The summed E-state index contributed by atoms with van der Waals surface area (Å²) in [6.45, 7) is 4.05. The van der Waals surface area contributed by atoms with Gasteiger partial charge in [0.25, 0.3) is 0 Å². The average Bonchev–Trinajstić information content (AvgIpc) is 2.46. The van der Waals surface area contributed by atoms with Crippen LogP contribution in [0.3, 0.4) is 0 Å². The summed E-state index contributed by atoms with van der Waals surface area (Å²) in [6.07, 6.45) is 2.89. The Morgan fingerprint density at radius 2 is 2.07 bits per heavy atom. The molecule has 0 spiro atoms. The van der Waals surface area contributed by atoms with Gasteiger partial charge in [0, 0.05) is 0 Å². The minimum absolute atomic E-state index is 0.0186. The fourth-order valence-electron chi connectivity index (χ4n) is 2.41. The van der Waals surface area contributed by atoms with E-state index in [-0.39, 0.29) is 11.8 Å². The highest BCUT2D eigenvalue weighted by atomic mass is 16.4. The maximum Gasteiger partial charge on any atom is 0.306 e. The molecule has 0 aromatic rings. The molecular weight excluding hydrogens is 180 g/mol. The van der Waals surface area contributed by atoms with Crippen molar-refractivity contribution in [1.82, 2.24) is 0 Å². The molecule has 0 saturated heterocycles. The van der Waals surface area contributed by atoms with E-state index in [1.165, 1.54) is 0 Å². The Bertz CT molecular complexity index is 201. The number of hydrogen-bond acceptors (Lipinski definition) is 2. The fraction of sp³-hybridized carbons (Fsp3) is 0.909. The minimum atomic E-state index is -0.746. The molecule has 2 N–H and O–H groups in total. The smallest absolute Gasteiger partial charge is 0.306 e. The Labute approximate surface area is 85.1 Å². The number of rotatable bonds is 4. The molecule has 0 amide bonds. The molecule has 3 atom stereocenters. The summed E-state index contributed by atoms with van der Waals surface area (Å²) in [4.78, 5) is 11.1. The zero-order chi connectivity index (χ0) is 10.7. The van der Waals surface area contributed by atoms with Crippen LogP contribution in [0.1, 0.15) is 39.5 Å². The first-order valence-corrected chi connectivity index (χ1v) is 5.43. The fourth-order valence-corrected chi connectivity index (χ4v) is 2.41. The highest BCUT2D eigenvalue weighted by molar-refractivity contribution is 5.70. The molecule has 1 fully saturated rings. The highest BCUT2D eigenvalue weighted by Crippen LogP contribution is 2.35. The number of carboxylic acid groups (broad SMARTS) is 1. The molecule has 3 unspecified atom stereocenters. The number of carbonyl (C=O) groups is 1. The maximum absolute atomic E-state index is 11.1. The van der Waals surface area contributed by atoms with Crippen molar-refractivity contribution in [2.45, 2.75) is 45.6 Å². The van der Waals surface area contributed by atoms with Crippen LogP contribution in [0.25, 0.3) is 0 Å². The number of aliphatic hydroxyl groups excluding tert-OH is 1. The van der Waals surface area contributed by atoms with E-state index in [2.05, 4.69) is 0 Å². The normalized spacial score (nSPS) is 29.4. The number of carboxylic acids is 1. The van der Waals surface area contributed by atoms with Crippen molar-refractivity contribution in [3.63, 3.8) is 0 Å². The highest BCUT2D eigenvalue weighted by Gasteiger charge is 2.36. The van der Waals surface area contributed by atoms with Gasteiger partial charge in [0.05, 0.1) is 12.0 Å². The third-order valence-corrected chi connectivity index (χ3v) is 3.09. The summed E-state index contributed by atoms with van der Waals surface area (Å²) >= 11 is 0. The van der Waals surface area contributed by atoms with Gasteiger partial charge >= 0.3 is 5.97 Å². The SMILES string of the molecule is CC(C)CC(C(=O)O)C1CCCC1O. The Morgan fingerprint density at radius 3 is 2.43 bits per heavy atom. The summed E-state index contributed by atoms with van der Waals surface area (Å²) in [5, 5.41) is 18.7. The van der Waals surface area contributed by atoms with Crippen LogP contribution in [0.5, 0.6) is 0 Å². The van der Waals surface area contributed by atoms with Gasteiger partial charge in [-0.3, -0.25) is 4.79 Å². The summed E-state index contributed by atoms with van der Waals surface area (Å²) < 4.78 is 0. The number of aliphatic hydroxyl groups is 1. The molecule has 0 heterocycles. The van der Waals surface area contributed by atoms with Gasteiger partial charge in [0.15, 0.2) is 0 Å². The molecule has 3 nitrogen and oxygen atoms in total. The Balaban J connectivity index is 2.61. The third kappa shape index (κ3) is 2.71. The molecule has 1 aliphatic carbocycles. The second-order valence-corrected chi connectivity index (χ2v) is 4.74. The lowest BCUT2D eigenvalue weighted by molar-refractivity contribution is -0.145. The summed E-state index contributed by atoms with van der Waals surface area (Å²) in [6, 6.07) is 0. The number of hydrogen-bond donors (Lipinski definition) is 2. The van der Waals surface area contributed by atoms with Crippen LogP contribution in [0.2, 0.25) is 0 Å². The predicted octanol–water partition coefficient (Wildman–Crippen LogP) is 1.89. The second-order valence-electron chi connectivity index (χ2n) is 4.74. The van der Waals surface area contributed by atoms with Crippen LogP contribution in [0.15, 0.2) is 0 Å². The lowest BCUT2D eigenvalue weighted by atomic mass is 9.83. The summed E-state index contributed by atoms with van der Waals surface area (Å²) in [5.41, 5.74) is 0. The van der Waals surface area contributed by atoms with Gasteiger partial charge in [0.2, 0.25) is 0 Å². The van der Waals surface area contributed by atoms with Crippen molar-refractivity contribution in [3.8, 4) is 0 Å². The molecule has 14 heavy (non-hydrogen) atoms. The molecule has 0 aromatic carbocycles. The van der Waals surface area contributed by atoms with E-state index < -0.39 is 12.1 Å². The van der Waals surface area contributed by atoms with Crippen LogP contribution in [-0.2, 0) is 4.79 Å². The lowest BCUT2D eigenvalue weighted by Crippen LogP contribution is -2.30. The maximum atomic E-state index is 11.1. The van der Waals surface area contributed by atoms with Crippen LogP contribution in [0.4, 0.5) is 0 Å². The van der Waals surface area contributed by atoms with Crippen molar-refractivity contribution in [1.29, 1.82) is 0 Å². The molecule has 3 heteroatoms. The van der Waals surface area contributed by atoms with Gasteiger partial charge < -0.3 is 10.2 Å². The van der Waals surface area contributed by atoms with Crippen LogP contribution < -0.4 is 0 Å². The van der Waals surface area contributed by atoms with Gasteiger partial charge in [-0.15, -0.1) is 0 Å².